The molecule has 186 valence electrons. The molecule has 1 aliphatic carbocycles. The van der Waals surface area contributed by atoms with Gasteiger partial charge in [0.1, 0.15) is 5.82 Å². The summed E-state index contributed by atoms with van der Waals surface area (Å²) in [6.07, 6.45) is -6.34. The number of para-hydroxylation sites is 1. The first-order valence-corrected chi connectivity index (χ1v) is 11.2. The molecule has 3 atom stereocenters. The lowest BCUT2D eigenvalue weighted by atomic mass is 9.77. The molecule has 1 spiro atoms. The Balaban J connectivity index is 1.57. The van der Waals surface area contributed by atoms with Gasteiger partial charge in [0, 0.05) is 11.1 Å². The van der Waals surface area contributed by atoms with Gasteiger partial charge in [-0.15, -0.1) is 0 Å². The molecule has 0 bridgehead atoms. The highest BCUT2D eigenvalue weighted by Crippen LogP contribution is 2.58. The minimum absolute atomic E-state index is 0.0273. The van der Waals surface area contributed by atoms with Crippen molar-refractivity contribution in [1.82, 2.24) is 0 Å². The van der Waals surface area contributed by atoms with Crippen molar-refractivity contribution in [3.05, 3.63) is 101 Å². The van der Waals surface area contributed by atoms with Crippen LogP contribution in [0.4, 0.5) is 23.2 Å². The standard InChI is InChI=1S/C27H15F4NO5/c28-14-7-5-6-13(12-14)21-19-20(26(37-21)22(33)15-8-1-2-9-16(15)23(26)34)25(36)32(24(19)35)18-11-4-3-10-17(18)27(29,30)31/h1-12,19-21H/t19-,20+,21+/m0/s1. The van der Waals surface area contributed by atoms with Gasteiger partial charge in [0.15, 0.2) is 0 Å². The molecule has 0 saturated carbocycles. The maximum absolute atomic E-state index is 14.1. The minimum atomic E-state index is -4.90. The van der Waals surface area contributed by atoms with E-state index in [9.17, 15) is 36.7 Å². The van der Waals surface area contributed by atoms with Gasteiger partial charge in [-0.2, -0.15) is 13.2 Å². The Hall–Kier alpha value is -4.18. The molecular weight excluding hydrogens is 494 g/mol. The first-order chi connectivity index (χ1) is 17.6. The molecule has 0 N–H and O–H groups in total. The van der Waals surface area contributed by atoms with Gasteiger partial charge in [-0.1, -0.05) is 48.5 Å². The van der Waals surface area contributed by atoms with Crippen molar-refractivity contribution >= 4 is 29.1 Å². The number of imide groups is 1. The number of fused-ring (bicyclic) bond motifs is 3. The van der Waals surface area contributed by atoms with E-state index in [1.54, 1.807) is 0 Å². The lowest BCUT2D eigenvalue weighted by Gasteiger charge is -2.28. The Morgan fingerprint density at radius 3 is 2.03 bits per heavy atom. The molecule has 2 aliphatic heterocycles. The summed E-state index contributed by atoms with van der Waals surface area (Å²) in [6, 6.07) is 14.7. The van der Waals surface area contributed by atoms with Crippen LogP contribution in [0, 0.1) is 17.7 Å². The molecule has 0 aromatic heterocycles. The van der Waals surface area contributed by atoms with E-state index in [2.05, 4.69) is 0 Å². The van der Waals surface area contributed by atoms with Crippen LogP contribution in [0.25, 0.3) is 0 Å². The second-order valence-electron chi connectivity index (χ2n) is 9.06. The summed E-state index contributed by atoms with van der Waals surface area (Å²) in [6.45, 7) is 0. The van der Waals surface area contributed by atoms with Gasteiger partial charge in [0.25, 0.3) is 0 Å². The zero-order valence-corrected chi connectivity index (χ0v) is 18.7. The van der Waals surface area contributed by atoms with E-state index in [0.717, 1.165) is 30.3 Å². The number of carbonyl (C=O) groups excluding carboxylic acids is 4. The monoisotopic (exact) mass is 509 g/mol. The van der Waals surface area contributed by atoms with Crippen molar-refractivity contribution < 1.29 is 41.5 Å². The number of ether oxygens (including phenoxy) is 1. The van der Waals surface area contributed by atoms with Crippen LogP contribution in [-0.2, 0) is 20.5 Å². The Kier molecular flexibility index (Phi) is 4.81. The summed E-state index contributed by atoms with van der Waals surface area (Å²) in [5.74, 6) is -7.97. The van der Waals surface area contributed by atoms with Crippen molar-refractivity contribution in [2.75, 3.05) is 4.90 Å². The number of hydrogen-bond acceptors (Lipinski definition) is 5. The van der Waals surface area contributed by atoms with Crippen molar-refractivity contribution in [3.63, 3.8) is 0 Å². The normalized spacial score (nSPS) is 24.2. The molecule has 3 aliphatic rings. The van der Waals surface area contributed by atoms with Gasteiger partial charge >= 0.3 is 6.18 Å². The van der Waals surface area contributed by atoms with Crippen molar-refractivity contribution in [1.29, 1.82) is 0 Å². The average Bonchev–Trinajstić information content (AvgIpc) is 3.43. The van der Waals surface area contributed by atoms with Crippen LogP contribution >= 0.6 is 0 Å². The number of ketones is 2. The topological polar surface area (TPSA) is 80.8 Å². The molecule has 2 saturated heterocycles. The number of carbonyl (C=O) groups is 4. The maximum Gasteiger partial charge on any atom is 0.418 e. The van der Waals surface area contributed by atoms with Crippen LogP contribution in [0.15, 0.2) is 72.8 Å². The highest BCUT2D eigenvalue weighted by molar-refractivity contribution is 6.37. The molecule has 0 unspecified atom stereocenters. The molecule has 2 amide bonds. The summed E-state index contributed by atoms with van der Waals surface area (Å²) in [7, 11) is 0. The molecule has 37 heavy (non-hydrogen) atoms. The molecule has 6 rings (SSSR count). The van der Waals surface area contributed by atoms with Crippen LogP contribution in [0.2, 0.25) is 0 Å². The molecule has 2 fully saturated rings. The number of anilines is 1. The molecule has 3 aromatic rings. The van der Waals surface area contributed by atoms with E-state index in [0.29, 0.717) is 4.90 Å². The number of nitrogens with zero attached hydrogens (tertiary/aromatic N) is 1. The van der Waals surface area contributed by atoms with Crippen molar-refractivity contribution in [3.8, 4) is 0 Å². The summed E-state index contributed by atoms with van der Waals surface area (Å²) in [5, 5.41) is 0. The Morgan fingerprint density at radius 1 is 0.784 bits per heavy atom. The fourth-order valence-corrected chi connectivity index (χ4v) is 5.65. The van der Waals surface area contributed by atoms with Gasteiger partial charge in [-0.05, 0) is 29.8 Å². The number of halogens is 4. The fourth-order valence-electron chi connectivity index (χ4n) is 5.65. The molecule has 6 nitrogen and oxygen atoms in total. The van der Waals surface area contributed by atoms with Crippen LogP contribution in [0.3, 0.4) is 0 Å². The van der Waals surface area contributed by atoms with Gasteiger partial charge in [0.05, 0.1) is 29.2 Å². The van der Waals surface area contributed by atoms with E-state index in [-0.39, 0.29) is 16.7 Å². The van der Waals surface area contributed by atoms with Crippen molar-refractivity contribution in [2.45, 2.75) is 17.9 Å². The summed E-state index contributed by atoms with van der Waals surface area (Å²) in [4.78, 5) is 55.2. The van der Waals surface area contributed by atoms with Gasteiger partial charge < -0.3 is 4.74 Å². The van der Waals surface area contributed by atoms with Crippen LogP contribution < -0.4 is 4.90 Å². The molecule has 2 heterocycles. The third-order valence-corrected chi connectivity index (χ3v) is 7.15. The second kappa shape index (κ2) is 7.66. The quantitative estimate of drug-likeness (QED) is 0.288. The fraction of sp³-hybridized carbons (Fsp3) is 0.185. The third kappa shape index (κ3) is 3.02. The Morgan fingerprint density at radius 2 is 1.41 bits per heavy atom. The number of benzene rings is 3. The van der Waals surface area contributed by atoms with Crippen LogP contribution in [0.5, 0.6) is 0 Å². The number of amides is 2. The SMILES string of the molecule is O=C1[C@@H]2[C@@H](c3cccc(F)c3)OC3(C(=O)c4ccccc4C3=O)[C@H]2C(=O)N1c1ccccc1C(F)(F)F. The summed E-state index contributed by atoms with van der Waals surface area (Å²) in [5.41, 5.74) is -4.42. The summed E-state index contributed by atoms with van der Waals surface area (Å²) < 4.78 is 61.5. The van der Waals surface area contributed by atoms with Gasteiger partial charge in [-0.25, -0.2) is 9.29 Å². The Labute approximate surface area is 206 Å². The number of alkyl halides is 3. The number of Topliss-reactive ketones (excluding diaryl/α,β-unsaturated/α-hetero) is 2. The van der Waals surface area contributed by atoms with E-state index in [1.807, 2.05) is 0 Å². The second-order valence-corrected chi connectivity index (χ2v) is 9.06. The molecule has 3 aromatic carbocycles. The highest BCUT2D eigenvalue weighted by atomic mass is 19.4. The first kappa shape index (κ1) is 23.2. The zero-order valence-electron chi connectivity index (χ0n) is 18.7. The van der Waals surface area contributed by atoms with E-state index < -0.39 is 70.2 Å². The Bertz CT molecular complexity index is 1500. The van der Waals surface area contributed by atoms with Gasteiger partial charge in [-0.3, -0.25) is 19.2 Å². The largest absolute Gasteiger partial charge is 0.418 e. The highest BCUT2D eigenvalue weighted by Gasteiger charge is 2.75. The molecule has 10 heteroatoms. The maximum atomic E-state index is 14.1. The lowest BCUT2D eigenvalue weighted by Crippen LogP contribution is -2.51. The smallest absolute Gasteiger partial charge is 0.349 e. The predicted molar refractivity (Wildman–Crippen MR) is 119 cm³/mol. The lowest BCUT2D eigenvalue weighted by molar-refractivity contribution is -0.137. The first-order valence-electron chi connectivity index (χ1n) is 11.2. The number of hydrogen-bond donors (Lipinski definition) is 0. The van der Waals surface area contributed by atoms with E-state index in [1.165, 1.54) is 42.5 Å². The minimum Gasteiger partial charge on any atom is -0.349 e. The van der Waals surface area contributed by atoms with Crippen molar-refractivity contribution in [2.24, 2.45) is 11.8 Å². The average molecular weight is 509 g/mol. The number of rotatable bonds is 2. The van der Waals surface area contributed by atoms with Crippen LogP contribution in [0.1, 0.15) is 37.9 Å². The molecule has 0 radical (unpaired) electrons. The van der Waals surface area contributed by atoms with Crippen LogP contribution in [-0.4, -0.2) is 29.0 Å². The third-order valence-electron chi connectivity index (χ3n) is 7.15. The van der Waals surface area contributed by atoms with E-state index in [4.69, 9.17) is 4.74 Å². The van der Waals surface area contributed by atoms with E-state index >= 15 is 0 Å². The predicted octanol–water partition coefficient (Wildman–Crippen LogP) is 4.54. The zero-order chi connectivity index (χ0) is 26.3. The molecular formula is C27H15F4NO5. The van der Waals surface area contributed by atoms with Gasteiger partial charge in [0.2, 0.25) is 29.0 Å². The summed E-state index contributed by atoms with van der Waals surface area (Å²) >= 11 is 0.